The van der Waals surface area contributed by atoms with Gasteiger partial charge in [-0.3, -0.25) is 0 Å². The van der Waals surface area contributed by atoms with Gasteiger partial charge in [-0.1, -0.05) is 0 Å². The van der Waals surface area contributed by atoms with Crippen molar-refractivity contribution in [1.29, 1.82) is 0 Å². The minimum atomic E-state index is -3.28. The van der Waals surface area contributed by atoms with Gasteiger partial charge in [0.15, 0.2) is 0 Å². The molecule has 9 heteroatoms. The van der Waals surface area contributed by atoms with Gasteiger partial charge in [0, 0.05) is 0 Å². The molecule has 0 bridgehead atoms. The Morgan fingerprint density at radius 3 is 1.19 bits per heavy atom. The molecule has 0 aromatic rings. The predicted octanol–water partition coefficient (Wildman–Crippen LogP) is 2.52. The molecule has 0 heterocycles. The molecule has 0 spiro atoms. The molecular weight excluding hydrogens is 802 g/mol. The van der Waals surface area contributed by atoms with Crippen LogP contribution in [0.25, 0.3) is 0 Å². The Morgan fingerprint density at radius 1 is 0.688 bits per heavy atom. The van der Waals surface area contributed by atoms with Crippen LogP contribution in [-0.2, 0) is 8.51 Å². The van der Waals surface area contributed by atoms with E-state index in [2.05, 4.69) is 5.68 Å². The number of rotatable bonds is 7. The normalized spacial score (nSPS) is 14.2. The molecule has 0 saturated heterocycles. The molecular formula is C7H22O6Pb3. The molecule has 6 nitrogen and oxygen atoms in total. The molecule has 16 heavy (non-hydrogen) atoms. The van der Waals surface area contributed by atoms with Crippen molar-refractivity contribution in [3.8, 4) is 0 Å². The Bertz CT molecular complexity index is 204. The first-order valence-electron chi connectivity index (χ1n) is 5.07. The van der Waals surface area contributed by atoms with E-state index < -0.39 is 64.9 Å². The van der Waals surface area contributed by atoms with E-state index in [0.717, 1.165) is 3.08 Å². The average molecular weight is 824 g/mol. The maximum absolute atomic E-state index is 9.10. The van der Waals surface area contributed by atoms with Gasteiger partial charge in [-0.05, 0) is 0 Å². The number of hydrogen-bond donors (Lipinski definition) is 3. The van der Waals surface area contributed by atoms with Crippen molar-refractivity contribution in [1.82, 2.24) is 0 Å². The van der Waals surface area contributed by atoms with Gasteiger partial charge in [-0.2, -0.15) is 0 Å². The summed E-state index contributed by atoms with van der Waals surface area (Å²) < 4.78 is 25.2. The van der Waals surface area contributed by atoms with E-state index >= 15 is 0 Å². The van der Waals surface area contributed by atoms with Crippen molar-refractivity contribution in [2.45, 2.75) is 25.5 Å². The van der Waals surface area contributed by atoms with Gasteiger partial charge in [-0.15, -0.1) is 0 Å². The van der Waals surface area contributed by atoms with Gasteiger partial charge in [0.2, 0.25) is 0 Å². The number of hydrogen-bond acceptors (Lipinski definition) is 6. The zero-order valence-electron chi connectivity index (χ0n) is 10.5. The molecule has 0 radical (unpaired) electrons. The summed E-state index contributed by atoms with van der Waals surface area (Å²) >= 11 is -9.37. The molecule has 0 aliphatic rings. The van der Waals surface area contributed by atoms with Crippen LogP contribution < -0.4 is 0 Å². The fourth-order valence-corrected chi connectivity index (χ4v) is 191. The van der Waals surface area contributed by atoms with Gasteiger partial charge in [0.05, 0.1) is 0 Å². The van der Waals surface area contributed by atoms with Crippen LogP contribution in [0.5, 0.6) is 0 Å². The van der Waals surface area contributed by atoms with Crippen molar-refractivity contribution >= 4 is 64.9 Å². The molecule has 0 atom stereocenters. The third-order valence-electron chi connectivity index (χ3n) is 2.31. The summed E-state index contributed by atoms with van der Waals surface area (Å²) in [5.74, 6) is 0. The molecule has 0 aliphatic carbocycles. The standard InChI is InChI=1S/5CH3.2CH2.3H2O2.3Pb/c;;;;;;;3*1-2;;;/h5*1H3;2*1H2;3*1-2H;;;/q;;;;;;;;;;3*+1/p-3. The summed E-state index contributed by atoms with van der Waals surface area (Å²) in [6.45, 7) is 0. The fraction of sp³-hybridized carbons (Fsp3) is 1.00. The second-order valence-electron chi connectivity index (χ2n) is 5.60. The third-order valence-corrected chi connectivity index (χ3v) is 129. The fourth-order valence-electron chi connectivity index (χ4n) is 1.99. The van der Waals surface area contributed by atoms with Crippen LogP contribution >= 0.6 is 0 Å². The molecule has 3 N–H and O–H groups in total. The Hall–Kier alpha value is 2.53. The molecule has 0 aliphatic heterocycles. The Morgan fingerprint density at radius 2 is 1.00 bits per heavy atom. The molecule has 0 rings (SSSR count). The molecule has 0 saturated carbocycles. The quantitative estimate of drug-likeness (QED) is 0.208. The van der Waals surface area contributed by atoms with Crippen LogP contribution in [0, 0.1) is 0 Å². The van der Waals surface area contributed by atoms with Crippen LogP contribution in [0.4, 0.5) is 0 Å². The summed E-state index contributed by atoms with van der Waals surface area (Å²) in [7, 11) is 0. The van der Waals surface area contributed by atoms with Crippen molar-refractivity contribution < 1.29 is 24.3 Å². The van der Waals surface area contributed by atoms with Gasteiger partial charge in [0.25, 0.3) is 0 Å². The van der Waals surface area contributed by atoms with E-state index in [1.54, 1.807) is 0 Å². The SMILES string of the molecule is [CH3][Pb]([CH3])([CH2][Pb]([CH3])([CH2][Pb]([CH3])([CH3])[O]O)[O]O)[O]O. The monoisotopic (exact) mass is 826 g/mol. The zero-order valence-corrected chi connectivity index (χ0v) is 22.1. The second kappa shape index (κ2) is 7.35. The first-order chi connectivity index (χ1) is 7.10. The van der Waals surface area contributed by atoms with E-state index in [9.17, 15) is 0 Å². The first-order valence-corrected chi connectivity index (χ1v) is 40.3. The van der Waals surface area contributed by atoms with Crippen molar-refractivity contribution in [3.05, 3.63) is 0 Å². The Balaban J connectivity index is 4.67. The maximum atomic E-state index is 9.10. The topological polar surface area (TPSA) is 88.4 Å². The van der Waals surface area contributed by atoms with Crippen molar-refractivity contribution in [2.75, 3.05) is 0 Å². The first kappa shape index (κ1) is 18.5. The molecule has 0 amide bonds. The Labute approximate surface area is 113 Å². The molecule has 0 fully saturated rings. The summed E-state index contributed by atoms with van der Waals surface area (Å²) in [4.78, 5) is 0. The predicted molar refractivity (Wildman–Crippen MR) is 67.3 cm³/mol. The average Bonchev–Trinajstić information content (AvgIpc) is 2.16. The Kier molecular flexibility index (Phi) is 8.51. The van der Waals surface area contributed by atoms with E-state index in [0.29, 0.717) is 0 Å². The van der Waals surface area contributed by atoms with E-state index in [4.69, 9.17) is 18.6 Å². The van der Waals surface area contributed by atoms with Crippen LogP contribution in [-0.4, -0.2) is 80.6 Å². The molecule has 98 valence electrons. The molecule has 0 unspecified atom stereocenters. The summed E-state index contributed by atoms with van der Waals surface area (Å²) in [6, 6.07) is 0. The summed E-state index contributed by atoms with van der Waals surface area (Å²) in [6.07, 6.45) is 0. The van der Waals surface area contributed by atoms with Gasteiger partial charge in [0.1, 0.15) is 0 Å². The van der Waals surface area contributed by atoms with E-state index in [-0.39, 0.29) is 0 Å². The summed E-state index contributed by atoms with van der Waals surface area (Å²) in [5.41, 5.74) is 0. The van der Waals surface area contributed by atoms with Crippen LogP contribution in [0.2, 0.25) is 25.5 Å². The van der Waals surface area contributed by atoms with Gasteiger partial charge >= 0.3 is 115 Å². The van der Waals surface area contributed by atoms with Gasteiger partial charge in [-0.25, -0.2) is 0 Å². The van der Waals surface area contributed by atoms with Crippen LogP contribution in [0.15, 0.2) is 0 Å². The summed E-state index contributed by atoms with van der Waals surface area (Å²) in [5, 5.41) is 26.8. The van der Waals surface area contributed by atoms with Crippen LogP contribution in [0.1, 0.15) is 0 Å². The molecule has 0 aromatic heterocycles. The van der Waals surface area contributed by atoms with Crippen molar-refractivity contribution in [2.24, 2.45) is 0 Å². The van der Waals surface area contributed by atoms with Gasteiger partial charge < -0.3 is 0 Å². The second-order valence-corrected chi connectivity index (χ2v) is 73.2. The molecule has 0 aromatic carbocycles. The minimum absolute atomic E-state index is 0.722. The van der Waals surface area contributed by atoms with E-state index in [1.807, 2.05) is 22.4 Å². The zero-order chi connectivity index (χ0) is 13.0. The van der Waals surface area contributed by atoms with Crippen molar-refractivity contribution in [3.63, 3.8) is 0 Å². The van der Waals surface area contributed by atoms with Crippen LogP contribution in [0.3, 0.4) is 0 Å². The third kappa shape index (κ3) is 7.20. The van der Waals surface area contributed by atoms with E-state index in [1.165, 1.54) is 0 Å².